The van der Waals surface area contributed by atoms with Gasteiger partial charge in [0, 0.05) is 0 Å². The van der Waals surface area contributed by atoms with E-state index in [1.807, 2.05) is 33.0 Å². The van der Waals surface area contributed by atoms with E-state index in [9.17, 15) is 45.5 Å². The molecule has 0 saturated carbocycles. The van der Waals surface area contributed by atoms with E-state index in [0.29, 0.717) is 35.4 Å². The molecule has 0 saturated heterocycles. The number of halogens is 6. The van der Waals surface area contributed by atoms with Gasteiger partial charge in [-0.3, -0.25) is 24.5 Å². The number of imide groups is 2. The Bertz CT molecular complexity index is 1800. The molecule has 3 aromatic carbocycles. The molecule has 2 aliphatic rings. The number of carbonyl (C=O) groups is 4. The van der Waals surface area contributed by atoms with Crippen LogP contribution in [0.4, 0.5) is 32.0 Å². The van der Waals surface area contributed by atoms with Crippen LogP contribution in [-0.2, 0) is 10.8 Å². The van der Waals surface area contributed by atoms with E-state index in [1.165, 1.54) is 0 Å². The van der Waals surface area contributed by atoms with Gasteiger partial charge in [0.1, 0.15) is 0 Å². The Morgan fingerprint density at radius 2 is 1.09 bits per heavy atom. The second kappa shape index (κ2) is 9.51. The molecule has 0 aromatic heterocycles. The second-order valence-electron chi connectivity index (χ2n) is 12.1. The Morgan fingerprint density at radius 3 is 1.61 bits per heavy atom. The summed E-state index contributed by atoms with van der Waals surface area (Å²) in [5, 5.41) is 1.84. The number of alkyl halides is 6. The molecule has 3 aromatic rings. The van der Waals surface area contributed by atoms with Crippen LogP contribution in [0, 0.1) is 20.8 Å². The van der Waals surface area contributed by atoms with Gasteiger partial charge in [0.05, 0.1) is 27.9 Å². The number of hydrogen-bond acceptors (Lipinski definition) is 4. The summed E-state index contributed by atoms with van der Waals surface area (Å²) in [7, 11) is 0. The molecule has 4 amide bonds. The number of fused-ring (bicyclic) bond motifs is 2. The molecule has 0 fully saturated rings. The van der Waals surface area contributed by atoms with Crippen molar-refractivity contribution in [3.63, 3.8) is 0 Å². The normalized spacial score (nSPS) is 15.6. The molecule has 0 unspecified atom stereocenters. The number of benzene rings is 3. The number of hydrogen-bond donors (Lipinski definition) is 1. The van der Waals surface area contributed by atoms with Crippen molar-refractivity contribution in [1.29, 1.82) is 0 Å². The summed E-state index contributed by atoms with van der Waals surface area (Å²) in [5.41, 5.74) is -6.87. The van der Waals surface area contributed by atoms with Crippen molar-refractivity contribution in [2.24, 2.45) is 0 Å². The van der Waals surface area contributed by atoms with Crippen molar-refractivity contribution in [1.82, 2.24) is 5.32 Å². The fraction of sp³-hybridized carbons (Fsp3) is 0.312. The zero-order valence-corrected chi connectivity index (χ0v) is 24.4. The smallest absolute Gasteiger partial charge is 0.288 e. The summed E-state index contributed by atoms with van der Waals surface area (Å²) in [5.74, 6) is -4.06. The summed E-state index contributed by atoms with van der Waals surface area (Å²) in [6.45, 7) is 11.0. The van der Waals surface area contributed by atoms with Crippen molar-refractivity contribution >= 4 is 29.3 Å². The monoisotopic (exact) mass is 616 g/mol. The molecule has 5 rings (SSSR count). The molecule has 0 aliphatic carbocycles. The van der Waals surface area contributed by atoms with Crippen molar-refractivity contribution < 1.29 is 45.5 Å². The van der Waals surface area contributed by atoms with E-state index >= 15 is 0 Å². The van der Waals surface area contributed by atoms with E-state index < -0.39 is 69.1 Å². The topological polar surface area (TPSA) is 83.6 Å². The van der Waals surface area contributed by atoms with Crippen LogP contribution < -0.4 is 10.2 Å². The van der Waals surface area contributed by atoms with Crippen molar-refractivity contribution in [3.8, 4) is 0 Å². The minimum atomic E-state index is -6.04. The van der Waals surface area contributed by atoms with E-state index in [4.69, 9.17) is 0 Å². The van der Waals surface area contributed by atoms with Gasteiger partial charge in [0.2, 0.25) is 5.41 Å². The fourth-order valence-corrected chi connectivity index (χ4v) is 6.73. The minimum absolute atomic E-state index is 0.209. The first-order valence-electron chi connectivity index (χ1n) is 13.4. The van der Waals surface area contributed by atoms with Gasteiger partial charge in [-0.25, -0.2) is 4.90 Å². The number of nitrogens with zero attached hydrogens (tertiary/aromatic N) is 1. The Labute approximate surface area is 248 Å². The zero-order valence-electron chi connectivity index (χ0n) is 24.4. The third kappa shape index (κ3) is 4.17. The molecule has 2 heterocycles. The largest absolute Gasteiger partial charge is 0.411 e. The number of rotatable bonds is 3. The van der Waals surface area contributed by atoms with E-state index in [-0.39, 0.29) is 16.8 Å². The molecule has 12 heteroatoms. The molecule has 0 radical (unpaired) electrons. The van der Waals surface area contributed by atoms with Crippen LogP contribution in [0.25, 0.3) is 0 Å². The van der Waals surface area contributed by atoms with Crippen LogP contribution in [0.3, 0.4) is 0 Å². The second-order valence-corrected chi connectivity index (χ2v) is 12.1. The maximum Gasteiger partial charge on any atom is 0.411 e. The SMILES string of the molecule is Cc1cc(C)c(C(C)(C)C)c(C)c1N1C(=O)c2ccc(C(c3ccc4c(c3)C(=O)NC4=O)(C(F)(F)F)C(F)(F)F)cc2C1=O. The fourth-order valence-electron chi connectivity index (χ4n) is 6.73. The molecule has 44 heavy (non-hydrogen) atoms. The summed E-state index contributed by atoms with van der Waals surface area (Å²) < 4.78 is 89.3. The lowest BCUT2D eigenvalue weighted by atomic mass is 9.71. The van der Waals surface area contributed by atoms with Gasteiger partial charge >= 0.3 is 12.4 Å². The predicted octanol–water partition coefficient (Wildman–Crippen LogP) is 7.00. The lowest BCUT2D eigenvalue weighted by Gasteiger charge is -2.38. The highest BCUT2D eigenvalue weighted by atomic mass is 19.4. The van der Waals surface area contributed by atoms with Gasteiger partial charge < -0.3 is 0 Å². The maximum absolute atomic E-state index is 14.9. The number of anilines is 1. The number of carbonyl (C=O) groups excluding carboxylic acids is 4. The quantitative estimate of drug-likeness (QED) is 0.254. The summed E-state index contributed by atoms with van der Waals surface area (Å²) >= 11 is 0. The highest BCUT2D eigenvalue weighted by Gasteiger charge is 2.73. The predicted molar refractivity (Wildman–Crippen MR) is 148 cm³/mol. The Balaban J connectivity index is 1.74. The summed E-state index contributed by atoms with van der Waals surface area (Å²) in [6, 6.07) is 5.10. The molecule has 6 nitrogen and oxygen atoms in total. The van der Waals surface area contributed by atoms with Crippen LogP contribution >= 0.6 is 0 Å². The number of amides is 4. The average Bonchev–Trinajstić information content (AvgIpc) is 3.28. The molecule has 2 aliphatic heterocycles. The zero-order chi connectivity index (χ0) is 32.9. The Hall–Kier alpha value is -4.48. The average molecular weight is 617 g/mol. The summed E-state index contributed by atoms with van der Waals surface area (Å²) in [4.78, 5) is 52.2. The molecule has 0 spiro atoms. The van der Waals surface area contributed by atoms with Gasteiger partial charge in [-0.15, -0.1) is 0 Å². The molecule has 1 N–H and O–H groups in total. The summed E-state index contributed by atoms with van der Waals surface area (Å²) in [6.07, 6.45) is -12.1. The van der Waals surface area contributed by atoms with E-state index in [2.05, 4.69) is 0 Å². The van der Waals surface area contributed by atoms with Crippen LogP contribution in [0.15, 0.2) is 42.5 Å². The third-order valence-corrected chi connectivity index (χ3v) is 8.24. The molecule has 230 valence electrons. The first kappa shape index (κ1) is 31.0. The lowest BCUT2D eigenvalue weighted by molar-refractivity contribution is -0.288. The first-order chi connectivity index (χ1) is 20.1. The van der Waals surface area contributed by atoms with Crippen LogP contribution in [0.2, 0.25) is 0 Å². The third-order valence-electron chi connectivity index (χ3n) is 8.24. The van der Waals surface area contributed by atoms with Gasteiger partial charge in [-0.05, 0) is 83.8 Å². The highest BCUT2D eigenvalue weighted by Crippen LogP contribution is 2.57. The highest BCUT2D eigenvalue weighted by molar-refractivity contribution is 6.35. The van der Waals surface area contributed by atoms with Crippen LogP contribution in [0.1, 0.15) is 95.6 Å². The van der Waals surface area contributed by atoms with E-state index in [1.54, 1.807) is 19.9 Å². The lowest BCUT2D eigenvalue weighted by Crippen LogP contribution is -2.55. The van der Waals surface area contributed by atoms with Crippen LogP contribution in [0.5, 0.6) is 0 Å². The Morgan fingerprint density at radius 1 is 0.614 bits per heavy atom. The Kier molecular flexibility index (Phi) is 6.69. The van der Waals surface area contributed by atoms with E-state index in [0.717, 1.165) is 28.2 Å². The standard InChI is InChI=1S/C32H26F6N2O4/c1-14-11-15(2)24(16(3)23(14)29(4,5)6)40-27(43)20-10-8-18(13-22(20)28(40)44)30(31(33,34)35,32(36,37)38)17-7-9-19-21(12-17)26(42)39-25(19)41/h7-13H,1-6H3,(H,39,41,42). The van der Waals surface area contributed by atoms with Crippen molar-refractivity contribution in [3.05, 3.63) is 98.1 Å². The van der Waals surface area contributed by atoms with Gasteiger partial charge in [0.15, 0.2) is 0 Å². The van der Waals surface area contributed by atoms with Crippen LogP contribution in [-0.4, -0.2) is 36.0 Å². The van der Waals surface area contributed by atoms with Gasteiger partial charge in [-0.1, -0.05) is 39.0 Å². The molecular formula is C32H26F6N2O4. The molecular weight excluding hydrogens is 590 g/mol. The molecule has 0 bridgehead atoms. The van der Waals surface area contributed by atoms with Crippen molar-refractivity contribution in [2.75, 3.05) is 4.90 Å². The minimum Gasteiger partial charge on any atom is -0.288 e. The molecule has 0 atom stereocenters. The number of nitrogens with one attached hydrogen (secondary N) is 1. The first-order valence-corrected chi connectivity index (χ1v) is 13.4. The van der Waals surface area contributed by atoms with Gasteiger partial charge in [0.25, 0.3) is 23.6 Å². The van der Waals surface area contributed by atoms with Gasteiger partial charge in [-0.2, -0.15) is 26.3 Å². The maximum atomic E-state index is 14.9. The van der Waals surface area contributed by atoms with Crippen molar-refractivity contribution in [2.45, 2.75) is 64.7 Å². The number of aryl methyl sites for hydroxylation is 2.